The maximum Gasteiger partial charge on any atom is 0.184 e. The van der Waals surface area contributed by atoms with Crippen molar-refractivity contribution >= 4 is 28.6 Å². The Balaban J connectivity index is 2.20. The average molecular weight is 258 g/mol. The molecule has 0 amide bonds. The van der Waals surface area contributed by atoms with Crippen LogP contribution >= 0.6 is 11.6 Å². The Hall–Kier alpha value is -2.27. The summed E-state index contributed by atoms with van der Waals surface area (Å²) < 4.78 is 0. The maximum atomic E-state index is 5.94. The number of aromatic nitrogens is 4. The molecule has 0 aliphatic rings. The number of nitrogens with two attached hydrogens (primary N) is 1. The molecule has 1 aromatic carbocycles. The predicted octanol–water partition coefficient (Wildman–Crippen LogP) is 2.32. The summed E-state index contributed by atoms with van der Waals surface area (Å²) in [5.41, 5.74) is 8.25. The number of hydrogen-bond acceptors (Lipinski definition) is 5. The second kappa shape index (κ2) is 4.19. The van der Waals surface area contributed by atoms with Gasteiger partial charge in [0.05, 0.1) is 11.9 Å². The van der Waals surface area contributed by atoms with E-state index >= 15 is 0 Å². The lowest BCUT2D eigenvalue weighted by Gasteiger charge is -2.03. The van der Waals surface area contributed by atoms with Crippen LogP contribution in [0.4, 0.5) is 5.82 Å². The van der Waals surface area contributed by atoms with Crippen LogP contribution in [0, 0.1) is 0 Å². The Morgan fingerprint density at radius 3 is 2.83 bits per heavy atom. The minimum absolute atomic E-state index is 0.324. The van der Waals surface area contributed by atoms with E-state index < -0.39 is 0 Å². The lowest BCUT2D eigenvalue weighted by molar-refractivity contribution is 1.16. The molecule has 0 aliphatic carbocycles. The molecule has 0 radical (unpaired) electrons. The molecule has 0 spiro atoms. The molecule has 88 valence electrons. The number of hydrogen-bond donors (Lipinski definition) is 1. The van der Waals surface area contributed by atoms with E-state index in [9.17, 15) is 0 Å². The molecule has 5 nitrogen and oxygen atoms in total. The van der Waals surface area contributed by atoms with Gasteiger partial charge >= 0.3 is 0 Å². The summed E-state index contributed by atoms with van der Waals surface area (Å²) in [7, 11) is 0. The largest absolute Gasteiger partial charge is 0.382 e. The van der Waals surface area contributed by atoms with E-state index in [1.165, 1.54) is 6.33 Å². The number of nitrogen functional groups attached to an aromatic ring is 1. The van der Waals surface area contributed by atoms with Gasteiger partial charge in [-0.1, -0.05) is 23.7 Å². The monoisotopic (exact) mass is 257 g/mol. The fourth-order valence-corrected chi connectivity index (χ4v) is 1.83. The van der Waals surface area contributed by atoms with E-state index in [1.807, 2.05) is 18.2 Å². The zero-order chi connectivity index (χ0) is 12.5. The molecular formula is C12H8ClN5. The van der Waals surface area contributed by atoms with Crippen molar-refractivity contribution in [2.45, 2.75) is 0 Å². The van der Waals surface area contributed by atoms with Crippen LogP contribution in [-0.4, -0.2) is 19.9 Å². The molecular weight excluding hydrogens is 250 g/mol. The standard InChI is InChI=1S/C12H8ClN5/c13-8-3-1-2-7(4-8)9-5-15-10-11(14)16-6-17-12(10)18-9/h1-6H,(H2,14,16,17,18). The molecule has 0 saturated heterocycles. The summed E-state index contributed by atoms with van der Waals surface area (Å²) in [6, 6.07) is 7.39. The van der Waals surface area contributed by atoms with Gasteiger partial charge in [0.2, 0.25) is 0 Å². The van der Waals surface area contributed by atoms with Crippen LogP contribution in [0.2, 0.25) is 5.02 Å². The second-order valence-corrected chi connectivity index (χ2v) is 4.13. The van der Waals surface area contributed by atoms with Crippen molar-refractivity contribution in [3.8, 4) is 11.3 Å². The average Bonchev–Trinajstić information content (AvgIpc) is 2.39. The normalized spacial score (nSPS) is 10.7. The van der Waals surface area contributed by atoms with E-state index in [4.69, 9.17) is 17.3 Å². The highest BCUT2D eigenvalue weighted by Crippen LogP contribution is 2.22. The fourth-order valence-electron chi connectivity index (χ4n) is 1.64. The van der Waals surface area contributed by atoms with Crippen LogP contribution in [0.15, 0.2) is 36.8 Å². The first-order valence-corrected chi connectivity index (χ1v) is 5.61. The van der Waals surface area contributed by atoms with Crippen LogP contribution in [0.1, 0.15) is 0 Å². The van der Waals surface area contributed by atoms with E-state index in [0.717, 1.165) is 5.56 Å². The summed E-state index contributed by atoms with van der Waals surface area (Å²) in [5.74, 6) is 0.324. The van der Waals surface area contributed by atoms with Crippen molar-refractivity contribution in [2.75, 3.05) is 5.73 Å². The lowest BCUT2D eigenvalue weighted by Crippen LogP contribution is -1.98. The minimum Gasteiger partial charge on any atom is -0.382 e. The number of halogens is 1. The highest BCUT2D eigenvalue weighted by atomic mass is 35.5. The van der Waals surface area contributed by atoms with Gasteiger partial charge in [-0.3, -0.25) is 0 Å². The molecule has 0 fully saturated rings. The van der Waals surface area contributed by atoms with Gasteiger partial charge < -0.3 is 5.73 Å². The topological polar surface area (TPSA) is 77.6 Å². The fraction of sp³-hybridized carbons (Fsp3) is 0. The van der Waals surface area contributed by atoms with E-state index in [-0.39, 0.29) is 0 Å². The number of anilines is 1. The first kappa shape index (κ1) is 10.9. The van der Waals surface area contributed by atoms with Gasteiger partial charge in [0.1, 0.15) is 11.8 Å². The van der Waals surface area contributed by atoms with Crippen LogP contribution in [-0.2, 0) is 0 Å². The van der Waals surface area contributed by atoms with Gasteiger partial charge in [-0.05, 0) is 12.1 Å². The third kappa shape index (κ3) is 1.84. The number of benzene rings is 1. The first-order chi connectivity index (χ1) is 8.74. The maximum absolute atomic E-state index is 5.94. The lowest BCUT2D eigenvalue weighted by atomic mass is 10.2. The second-order valence-electron chi connectivity index (χ2n) is 3.70. The summed E-state index contributed by atoms with van der Waals surface area (Å²) in [6.45, 7) is 0. The van der Waals surface area contributed by atoms with Crippen molar-refractivity contribution in [3.05, 3.63) is 41.8 Å². The van der Waals surface area contributed by atoms with Crippen molar-refractivity contribution < 1.29 is 0 Å². The third-order valence-electron chi connectivity index (χ3n) is 2.49. The highest BCUT2D eigenvalue weighted by Gasteiger charge is 2.06. The molecule has 0 atom stereocenters. The van der Waals surface area contributed by atoms with Crippen molar-refractivity contribution in [3.63, 3.8) is 0 Å². The SMILES string of the molecule is Nc1ncnc2nc(-c3cccc(Cl)c3)cnc12. The molecule has 2 heterocycles. The number of fused-ring (bicyclic) bond motifs is 1. The van der Waals surface area contributed by atoms with Crippen LogP contribution in [0.3, 0.4) is 0 Å². The quantitative estimate of drug-likeness (QED) is 0.724. The predicted molar refractivity (Wildman–Crippen MR) is 70.0 cm³/mol. The number of rotatable bonds is 1. The summed E-state index contributed by atoms with van der Waals surface area (Å²) in [4.78, 5) is 16.5. The summed E-state index contributed by atoms with van der Waals surface area (Å²) in [6.07, 6.45) is 3.00. The third-order valence-corrected chi connectivity index (χ3v) is 2.73. The van der Waals surface area contributed by atoms with Gasteiger partial charge in [0.25, 0.3) is 0 Å². The summed E-state index contributed by atoms with van der Waals surface area (Å²) >= 11 is 5.94. The molecule has 18 heavy (non-hydrogen) atoms. The van der Waals surface area contributed by atoms with E-state index in [1.54, 1.807) is 12.3 Å². The molecule has 0 aliphatic heterocycles. The van der Waals surface area contributed by atoms with Gasteiger partial charge in [-0.25, -0.2) is 19.9 Å². The Morgan fingerprint density at radius 2 is 2.00 bits per heavy atom. The molecule has 0 bridgehead atoms. The molecule has 0 unspecified atom stereocenters. The molecule has 3 rings (SSSR count). The van der Waals surface area contributed by atoms with Gasteiger partial charge in [0.15, 0.2) is 11.5 Å². The Morgan fingerprint density at radius 1 is 1.11 bits per heavy atom. The molecule has 2 aromatic heterocycles. The van der Waals surface area contributed by atoms with E-state index in [0.29, 0.717) is 27.7 Å². The van der Waals surface area contributed by atoms with Crippen LogP contribution in [0.5, 0.6) is 0 Å². The zero-order valence-electron chi connectivity index (χ0n) is 9.21. The van der Waals surface area contributed by atoms with Crippen molar-refractivity contribution in [2.24, 2.45) is 0 Å². The van der Waals surface area contributed by atoms with Crippen molar-refractivity contribution in [1.82, 2.24) is 19.9 Å². The molecule has 6 heteroatoms. The molecule has 3 aromatic rings. The van der Waals surface area contributed by atoms with Gasteiger partial charge in [-0.15, -0.1) is 0 Å². The Labute approximate surface area is 108 Å². The molecule has 2 N–H and O–H groups in total. The Kier molecular flexibility index (Phi) is 2.53. The first-order valence-electron chi connectivity index (χ1n) is 5.23. The van der Waals surface area contributed by atoms with Crippen LogP contribution in [0.25, 0.3) is 22.4 Å². The summed E-state index contributed by atoms with van der Waals surface area (Å²) in [5, 5.41) is 0.650. The Bertz CT molecular complexity index is 728. The zero-order valence-corrected chi connectivity index (χ0v) is 9.96. The van der Waals surface area contributed by atoms with Gasteiger partial charge in [-0.2, -0.15) is 0 Å². The smallest absolute Gasteiger partial charge is 0.184 e. The van der Waals surface area contributed by atoms with Gasteiger partial charge in [0, 0.05) is 10.6 Å². The van der Waals surface area contributed by atoms with Crippen molar-refractivity contribution in [1.29, 1.82) is 0 Å². The minimum atomic E-state index is 0.324. The highest BCUT2D eigenvalue weighted by molar-refractivity contribution is 6.30. The van der Waals surface area contributed by atoms with E-state index in [2.05, 4.69) is 19.9 Å². The van der Waals surface area contributed by atoms with Crippen LogP contribution < -0.4 is 5.73 Å². The number of nitrogens with zero attached hydrogens (tertiary/aromatic N) is 4. The molecule has 0 saturated carbocycles.